The van der Waals surface area contributed by atoms with E-state index in [0.717, 1.165) is 5.69 Å². The molecule has 0 bridgehead atoms. The highest BCUT2D eigenvalue weighted by Crippen LogP contribution is 2.17. The molecule has 1 aromatic heterocycles. The zero-order valence-corrected chi connectivity index (χ0v) is 12.0. The molecule has 0 radical (unpaired) electrons. The standard InChI is InChI=1S/C12H18N2O4S/c1-7(2)9-4-11(18-14-9)13-10(15)6-19-5-8(3)12(16)17/h4,7-8H,5-6H2,1-3H3,(H,13,15)(H,16,17). The first kappa shape index (κ1) is 15.6. The number of hydrogen-bond donors (Lipinski definition) is 2. The average molecular weight is 286 g/mol. The maximum atomic E-state index is 11.6. The molecule has 2 N–H and O–H groups in total. The van der Waals surface area contributed by atoms with E-state index in [1.807, 2.05) is 13.8 Å². The topological polar surface area (TPSA) is 92.4 Å². The number of aliphatic carboxylic acids is 1. The van der Waals surface area contributed by atoms with Crippen LogP contribution in [0.2, 0.25) is 0 Å². The summed E-state index contributed by atoms with van der Waals surface area (Å²) in [6, 6.07) is 1.69. The molecule has 0 aliphatic carbocycles. The third-order valence-electron chi connectivity index (χ3n) is 2.41. The van der Waals surface area contributed by atoms with E-state index in [1.165, 1.54) is 11.8 Å². The van der Waals surface area contributed by atoms with Crippen LogP contribution in [0.5, 0.6) is 0 Å². The van der Waals surface area contributed by atoms with Gasteiger partial charge in [-0.15, -0.1) is 0 Å². The molecule has 0 aliphatic rings. The Kier molecular flexibility index (Phi) is 5.88. The van der Waals surface area contributed by atoms with E-state index in [4.69, 9.17) is 9.63 Å². The first-order valence-corrected chi connectivity index (χ1v) is 7.12. The predicted octanol–water partition coefficient (Wildman–Crippen LogP) is 2.19. The highest BCUT2D eigenvalue weighted by molar-refractivity contribution is 8.00. The fourth-order valence-electron chi connectivity index (χ4n) is 1.19. The molecule has 0 saturated heterocycles. The van der Waals surface area contributed by atoms with Crippen molar-refractivity contribution in [2.45, 2.75) is 26.7 Å². The van der Waals surface area contributed by atoms with E-state index in [9.17, 15) is 9.59 Å². The van der Waals surface area contributed by atoms with Crippen LogP contribution in [0.25, 0.3) is 0 Å². The van der Waals surface area contributed by atoms with Crippen LogP contribution in [-0.2, 0) is 9.59 Å². The Balaban J connectivity index is 2.32. The molecule has 1 rings (SSSR count). The van der Waals surface area contributed by atoms with E-state index in [0.29, 0.717) is 11.6 Å². The third-order valence-corrected chi connectivity index (χ3v) is 3.61. The fraction of sp³-hybridized carbons (Fsp3) is 0.583. The summed E-state index contributed by atoms with van der Waals surface area (Å²) in [5.74, 6) is -0.402. The normalized spacial score (nSPS) is 12.4. The Labute approximate surface area is 115 Å². The van der Waals surface area contributed by atoms with Crippen LogP contribution in [0.1, 0.15) is 32.4 Å². The number of anilines is 1. The molecule has 1 amide bonds. The molecule has 1 atom stereocenters. The summed E-state index contributed by atoms with van der Waals surface area (Å²) >= 11 is 1.28. The van der Waals surface area contributed by atoms with Gasteiger partial charge in [-0.05, 0) is 5.92 Å². The van der Waals surface area contributed by atoms with Crippen LogP contribution in [0.4, 0.5) is 5.88 Å². The first-order valence-electron chi connectivity index (χ1n) is 5.97. The summed E-state index contributed by atoms with van der Waals surface area (Å²) in [4.78, 5) is 22.2. The van der Waals surface area contributed by atoms with Crippen molar-refractivity contribution in [2.75, 3.05) is 16.8 Å². The molecule has 1 aromatic rings. The lowest BCUT2D eigenvalue weighted by atomic mass is 10.1. The maximum absolute atomic E-state index is 11.6. The van der Waals surface area contributed by atoms with Crippen molar-refractivity contribution >= 4 is 29.5 Å². The van der Waals surface area contributed by atoms with E-state index in [1.54, 1.807) is 13.0 Å². The second kappa shape index (κ2) is 7.18. The zero-order valence-electron chi connectivity index (χ0n) is 11.2. The van der Waals surface area contributed by atoms with Crippen LogP contribution in [0.3, 0.4) is 0 Å². The van der Waals surface area contributed by atoms with Gasteiger partial charge in [-0.25, -0.2) is 0 Å². The molecule has 1 unspecified atom stereocenters. The van der Waals surface area contributed by atoms with Crippen molar-refractivity contribution in [2.24, 2.45) is 5.92 Å². The lowest BCUT2D eigenvalue weighted by Gasteiger charge is -2.05. The molecule has 1 heterocycles. The van der Waals surface area contributed by atoms with Gasteiger partial charge in [0, 0.05) is 11.8 Å². The number of aromatic nitrogens is 1. The number of carboxylic acid groups (broad SMARTS) is 1. The van der Waals surface area contributed by atoms with Crippen molar-refractivity contribution in [3.63, 3.8) is 0 Å². The lowest BCUT2D eigenvalue weighted by Crippen LogP contribution is -2.17. The number of rotatable bonds is 7. The summed E-state index contributed by atoms with van der Waals surface area (Å²) in [6.45, 7) is 5.57. The fourth-order valence-corrected chi connectivity index (χ4v) is 2.06. The van der Waals surface area contributed by atoms with Crippen molar-refractivity contribution in [1.29, 1.82) is 0 Å². The molecule has 0 aromatic carbocycles. The third kappa shape index (κ3) is 5.34. The summed E-state index contributed by atoms with van der Waals surface area (Å²) in [6.07, 6.45) is 0. The Bertz CT molecular complexity index is 445. The van der Waals surface area contributed by atoms with Gasteiger partial charge in [-0.1, -0.05) is 25.9 Å². The summed E-state index contributed by atoms with van der Waals surface area (Å²) in [5.41, 5.74) is 0.780. The van der Waals surface area contributed by atoms with Crippen LogP contribution >= 0.6 is 11.8 Å². The molecule has 7 heteroatoms. The number of carbonyl (C=O) groups is 2. The Morgan fingerprint density at radius 3 is 2.68 bits per heavy atom. The first-order chi connectivity index (χ1) is 8.90. The molecule has 0 fully saturated rings. The molecule has 0 aliphatic heterocycles. The molecule has 106 valence electrons. The largest absolute Gasteiger partial charge is 0.481 e. The Morgan fingerprint density at radius 1 is 1.47 bits per heavy atom. The van der Waals surface area contributed by atoms with Crippen molar-refractivity contribution in [3.8, 4) is 0 Å². The maximum Gasteiger partial charge on any atom is 0.307 e. The highest BCUT2D eigenvalue weighted by atomic mass is 32.2. The SMILES string of the molecule is CC(CSCC(=O)Nc1cc(C(C)C)no1)C(=O)O. The van der Waals surface area contributed by atoms with E-state index in [2.05, 4.69) is 10.5 Å². The van der Waals surface area contributed by atoms with Gasteiger partial charge in [0.15, 0.2) is 0 Å². The van der Waals surface area contributed by atoms with Crippen LogP contribution < -0.4 is 5.32 Å². The Hall–Kier alpha value is -1.50. The van der Waals surface area contributed by atoms with E-state index >= 15 is 0 Å². The van der Waals surface area contributed by atoms with E-state index in [-0.39, 0.29) is 17.6 Å². The highest BCUT2D eigenvalue weighted by Gasteiger charge is 2.13. The van der Waals surface area contributed by atoms with Gasteiger partial charge in [0.2, 0.25) is 11.8 Å². The molecular formula is C12H18N2O4S. The van der Waals surface area contributed by atoms with E-state index < -0.39 is 11.9 Å². The number of amides is 1. The number of carboxylic acids is 1. The smallest absolute Gasteiger partial charge is 0.307 e. The number of hydrogen-bond acceptors (Lipinski definition) is 5. The second-order valence-electron chi connectivity index (χ2n) is 4.57. The van der Waals surface area contributed by atoms with Crippen LogP contribution in [-0.4, -0.2) is 33.6 Å². The van der Waals surface area contributed by atoms with Gasteiger partial charge in [0.25, 0.3) is 0 Å². The number of nitrogens with zero attached hydrogens (tertiary/aromatic N) is 1. The lowest BCUT2D eigenvalue weighted by molar-refractivity contribution is -0.140. The summed E-state index contributed by atoms with van der Waals surface area (Å²) < 4.78 is 4.98. The summed E-state index contributed by atoms with van der Waals surface area (Å²) in [5, 5.41) is 15.1. The Morgan fingerprint density at radius 2 is 2.16 bits per heavy atom. The van der Waals surface area contributed by atoms with Crippen molar-refractivity contribution in [3.05, 3.63) is 11.8 Å². The van der Waals surface area contributed by atoms with Gasteiger partial charge in [0.1, 0.15) is 0 Å². The molecular weight excluding hydrogens is 268 g/mol. The van der Waals surface area contributed by atoms with Crippen molar-refractivity contribution in [1.82, 2.24) is 5.16 Å². The van der Waals surface area contributed by atoms with Crippen LogP contribution in [0, 0.1) is 5.92 Å². The van der Waals surface area contributed by atoms with Gasteiger partial charge < -0.3 is 9.63 Å². The zero-order chi connectivity index (χ0) is 14.4. The monoisotopic (exact) mass is 286 g/mol. The van der Waals surface area contributed by atoms with Gasteiger partial charge in [-0.3, -0.25) is 14.9 Å². The molecule has 0 spiro atoms. The van der Waals surface area contributed by atoms with Gasteiger partial charge >= 0.3 is 5.97 Å². The summed E-state index contributed by atoms with van der Waals surface area (Å²) in [7, 11) is 0. The average Bonchev–Trinajstić information content (AvgIpc) is 2.77. The second-order valence-corrected chi connectivity index (χ2v) is 5.60. The van der Waals surface area contributed by atoms with Gasteiger partial charge in [-0.2, -0.15) is 11.8 Å². The number of nitrogens with one attached hydrogen (secondary N) is 1. The van der Waals surface area contributed by atoms with Crippen molar-refractivity contribution < 1.29 is 19.2 Å². The molecule has 0 saturated carbocycles. The minimum absolute atomic E-state index is 0.190. The minimum Gasteiger partial charge on any atom is -0.481 e. The predicted molar refractivity (Wildman–Crippen MR) is 73.3 cm³/mol. The van der Waals surface area contributed by atoms with Crippen LogP contribution in [0.15, 0.2) is 10.6 Å². The quantitative estimate of drug-likeness (QED) is 0.798. The number of carbonyl (C=O) groups excluding carboxylic acids is 1. The number of thioether (sulfide) groups is 1. The molecule has 6 nitrogen and oxygen atoms in total. The minimum atomic E-state index is -0.857. The molecule has 19 heavy (non-hydrogen) atoms. The van der Waals surface area contributed by atoms with Gasteiger partial charge in [0.05, 0.1) is 17.4 Å².